The number of hydrogen-bond donors (Lipinski definition) is 1. The fourth-order valence-corrected chi connectivity index (χ4v) is 2.30. The maximum Gasteiger partial charge on any atom is 0.409 e. The van der Waals surface area contributed by atoms with Crippen LogP contribution in [-0.2, 0) is 4.79 Å². The predicted octanol–water partition coefficient (Wildman–Crippen LogP) is 2.53. The molecule has 0 aliphatic carbocycles. The number of rotatable bonds is 2. The first-order valence-electron chi connectivity index (χ1n) is 6.29. The number of nitriles is 1. The van der Waals surface area contributed by atoms with Gasteiger partial charge in [-0.2, -0.15) is 18.4 Å². The lowest BCUT2D eigenvalue weighted by atomic mass is 9.93. The van der Waals surface area contributed by atoms with Gasteiger partial charge in [-0.05, 0) is 31.5 Å². The van der Waals surface area contributed by atoms with Gasteiger partial charge in [0.05, 0.1) is 17.0 Å². The topological polar surface area (TPSA) is 56.1 Å². The van der Waals surface area contributed by atoms with Crippen molar-refractivity contribution in [2.45, 2.75) is 26.1 Å². The van der Waals surface area contributed by atoms with E-state index in [0.29, 0.717) is 0 Å². The minimum Gasteiger partial charge on any atom is -0.287 e. The zero-order chi connectivity index (χ0) is 15.8. The van der Waals surface area contributed by atoms with Gasteiger partial charge in [-0.3, -0.25) is 10.2 Å². The second-order valence-electron chi connectivity index (χ2n) is 5.63. The van der Waals surface area contributed by atoms with Gasteiger partial charge in [0, 0.05) is 6.54 Å². The molecule has 1 amide bonds. The third kappa shape index (κ3) is 3.00. The smallest absolute Gasteiger partial charge is 0.287 e. The van der Waals surface area contributed by atoms with Crippen LogP contribution < -0.4 is 5.43 Å². The Balaban J connectivity index is 2.41. The van der Waals surface area contributed by atoms with E-state index in [9.17, 15) is 18.0 Å². The summed E-state index contributed by atoms with van der Waals surface area (Å²) in [7, 11) is 0. The molecule has 0 unspecified atom stereocenters. The second-order valence-corrected chi connectivity index (χ2v) is 5.63. The van der Waals surface area contributed by atoms with Gasteiger partial charge in [-0.15, -0.1) is 0 Å². The lowest BCUT2D eigenvalue weighted by molar-refractivity contribution is -0.191. The van der Waals surface area contributed by atoms with Crippen LogP contribution in [0, 0.1) is 16.7 Å². The van der Waals surface area contributed by atoms with Crippen LogP contribution in [-0.4, -0.2) is 23.6 Å². The highest BCUT2D eigenvalue weighted by Crippen LogP contribution is 2.40. The fraction of sp³-hybridized carbons (Fsp3) is 0.429. The molecule has 1 aliphatic rings. The Morgan fingerprint density at radius 2 is 2.10 bits per heavy atom. The SMILES string of the molecule is CC1(C)CN([C@@H](c2cccc(C#N)c2)C(F)(F)F)NC1=O. The highest BCUT2D eigenvalue weighted by molar-refractivity contribution is 5.83. The molecule has 0 aromatic heterocycles. The number of hydrogen-bond acceptors (Lipinski definition) is 3. The lowest BCUT2D eigenvalue weighted by Crippen LogP contribution is -2.43. The Hall–Kier alpha value is -2.07. The molecule has 1 atom stereocenters. The highest BCUT2D eigenvalue weighted by atomic mass is 19.4. The van der Waals surface area contributed by atoms with Crippen molar-refractivity contribution in [2.24, 2.45) is 5.41 Å². The number of carbonyl (C=O) groups excluding carboxylic acids is 1. The lowest BCUT2D eigenvalue weighted by Gasteiger charge is -2.29. The van der Waals surface area contributed by atoms with Gasteiger partial charge in [0.1, 0.15) is 6.04 Å². The minimum atomic E-state index is -4.57. The standard InChI is InChI=1S/C14H14F3N3O/c1-13(2)8-20(19-12(13)21)11(14(15,16)17)10-5-3-4-9(6-10)7-18/h3-6,11H,8H2,1-2H3,(H,19,21)/t11-/m0/s1. The van der Waals surface area contributed by atoms with Gasteiger partial charge in [-0.1, -0.05) is 12.1 Å². The Morgan fingerprint density at radius 1 is 1.43 bits per heavy atom. The van der Waals surface area contributed by atoms with Crippen LogP contribution in [0.25, 0.3) is 0 Å². The molecule has 0 saturated carbocycles. The summed E-state index contributed by atoms with van der Waals surface area (Å²) in [6.45, 7) is 3.11. The third-order valence-electron chi connectivity index (χ3n) is 3.38. The molecule has 1 aromatic carbocycles. The van der Waals surface area contributed by atoms with Crippen molar-refractivity contribution in [1.29, 1.82) is 5.26 Å². The van der Waals surface area contributed by atoms with E-state index in [-0.39, 0.29) is 17.7 Å². The molecule has 7 heteroatoms. The number of halogens is 3. The summed E-state index contributed by atoms with van der Waals surface area (Å²) < 4.78 is 40.2. The van der Waals surface area contributed by atoms with Crippen molar-refractivity contribution in [3.63, 3.8) is 0 Å². The summed E-state index contributed by atoms with van der Waals surface area (Å²) in [4.78, 5) is 11.7. The number of carbonyl (C=O) groups is 1. The molecule has 4 nitrogen and oxygen atoms in total. The summed E-state index contributed by atoms with van der Waals surface area (Å²) in [6.07, 6.45) is -4.57. The molecule has 0 radical (unpaired) electrons. The summed E-state index contributed by atoms with van der Waals surface area (Å²) in [6, 6.07) is 5.17. The number of benzene rings is 1. The molecule has 1 heterocycles. The van der Waals surface area contributed by atoms with Crippen molar-refractivity contribution in [3.8, 4) is 6.07 Å². The molecule has 1 fully saturated rings. The zero-order valence-corrected chi connectivity index (χ0v) is 11.5. The summed E-state index contributed by atoms with van der Waals surface area (Å²) in [5.74, 6) is -0.451. The van der Waals surface area contributed by atoms with Crippen LogP contribution in [0.1, 0.15) is 31.0 Å². The second kappa shape index (κ2) is 5.04. The Morgan fingerprint density at radius 3 is 2.57 bits per heavy atom. The first-order valence-corrected chi connectivity index (χ1v) is 6.29. The largest absolute Gasteiger partial charge is 0.409 e. The fourth-order valence-electron chi connectivity index (χ4n) is 2.30. The van der Waals surface area contributed by atoms with E-state index >= 15 is 0 Å². The summed E-state index contributed by atoms with van der Waals surface area (Å²) in [5, 5.41) is 9.71. The molecule has 1 aromatic rings. The van der Waals surface area contributed by atoms with Crippen LogP contribution in [0.5, 0.6) is 0 Å². The van der Waals surface area contributed by atoms with Gasteiger partial charge in [0.2, 0.25) is 5.91 Å². The van der Waals surface area contributed by atoms with Gasteiger partial charge in [0.25, 0.3) is 0 Å². The van der Waals surface area contributed by atoms with Crippen LogP contribution in [0.3, 0.4) is 0 Å². The van der Waals surface area contributed by atoms with E-state index in [1.165, 1.54) is 24.3 Å². The molecule has 1 aliphatic heterocycles. The molecule has 21 heavy (non-hydrogen) atoms. The molecule has 112 valence electrons. The van der Waals surface area contributed by atoms with Gasteiger partial charge in [-0.25, -0.2) is 5.01 Å². The zero-order valence-electron chi connectivity index (χ0n) is 11.5. The van der Waals surface area contributed by atoms with Crippen molar-refractivity contribution >= 4 is 5.91 Å². The maximum absolute atomic E-state index is 13.4. The number of nitrogens with zero attached hydrogens (tertiary/aromatic N) is 2. The number of nitrogens with one attached hydrogen (secondary N) is 1. The van der Waals surface area contributed by atoms with Crippen molar-refractivity contribution in [2.75, 3.05) is 6.54 Å². The monoisotopic (exact) mass is 297 g/mol. The number of amides is 1. The number of alkyl halides is 3. The first-order chi connectivity index (χ1) is 9.65. The molecular weight excluding hydrogens is 283 g/mol. The quantitative estimate of drug-likeness (QED) is 0.912. The van der Waals surface area contributed by atoms with Gasteiger partial charge < -0.3 is 0 Å². The van der Waals surface area contributed by atoms with Gasteiger partial charge in [0.15, 0.2) is 0 Å². The molecular formula is C14H14F3N3O. The predicted molar refractivity (Wildman–Crippen MR) is 68.6 cm³/mol. The molecule has 1 saturated heterocycles. The number of hydrazine groups is 1. The third-order valence-corrected chi connectivity index (χ3v) is 3.38. The average molecular weight is 297 g/mol. The van der Waals surface area contributed by atoms with Crippen LogP contribution >= 0.6 is 0 Å². The Labute approximate surface area is 120 Å². The summed E-state index contributed by atoms with van der Waals surface area (Å²) >= 11 is 0. The summed E-state index contributed by atoms with van der Waals surface area (Å²) in [5.41, 5.74) is 1.46. The van der Waals surface area contributed by atoms with Crippen molar-refractivity contribution < 1.29 is 18.0 Å². The van der Waals surface area contributed by atoms with Crippen LogP contribution in [0.4, 0.5) is 13.2 Å². The van der Waals surface area contributed by atoms with E-state index in [4.69, 9.17) is 5.26 Å². The normalized spacial score (nSPS) is 19.9. The molecule has 0 spiro atoms. The molecule has 0 bridgehead atoms. The van der Waals surface area contributed by atoms with E-state index in [2.05, 4.69) is 5.43 Å². The van der Waals surface area contributed by atoms with E-state index in [1.54, 1.807) is 13.8 Å². The van der Waals surface area contributed by atoms with Crippen molar-refractivity contribution in [3.05, 3.63) is 35.4 Å². The molecule has 1 N–H and O–H groups in total. The van der Waals surface area contributed by atoms with Crippen LogP contribution in [0.2, 0.25) is 0 Å². The van der Waals surface area contributed by atoms with E-state index in [0.717, 1.165) is 5.01 Å². The van der Waals surface area contributed by atoms with E-state index in [1.807, 2.05) is 6.07 Å². The minimum absolute atomic E-state index is 0.0627. The Kier molecular flexibility index (Phi) is 3.68. The Bertz CT molecular complexity index is 604. The highest BCUT2D eigenvalue weighted by Gasteiger charge is 2.51. The van der Waals surface area contributed by atoms with Crippen molar-refractivity contribution in [1.82, 2.24) is 10.4 Å². The average Bonchev–Trinajstić information content (AvgIpc) is 2.62. The van der Waals surface area contributed by atoms with Crippen LogP contribution in [0.15, 0.2) is 24.3 Å². The van der Waals surface area contributed by atoms with Gasteiger partial charge >= 0.3 is 6.18 Å². The molecule has 2 rings (SSSR count). The van der Waals surface area contributed by atoms with E-state index < -0.39 is 23.5 Å². The first kappa shape index (κ1) is 15.3. The maximum atomic E-state index is 13.4.